The van der Waals surface area contributed by atoms with E-state index in [1.807, 2.05) is 43.3 Å². The van der Waals surface area contributed by atoms with Gasteiger partial charge in [-0.25, -0.2) is 30.0 Å². The van der Waals surface area contributed by atoms with Gasteiger partial charge in [0.15, 0.2) is 0 Å². The zero-order chi connectivity index (χ0) is 99.4. The number of ether oxygens (including phenoxy) is 4. The first-order chi connectivity index (χ1) is 64.0. The van der Waals surface area contributed by atoms with Gasteiger partial charge >= 0.3 is 45.7 Å². The maximum atomic E-state index is 14.4. The third kappa shape index (κ3) is 24.2. The highest BCUT2D eigenvalue weighted by atomic mass is 35.5. The van der Waals surface area contributed by atoms with Crippen LogP contribution in [0.15, 0.2) is 276 Å². The van der Waals surface area contributed by atoms with Crippen molar-refractivity contribution in [1.29, 1.82) is 0 Å². The number of aromatic amines is 1. The van der Waals surface area contributed by atoms with E-state index in [0.717, 1.165) is 95.3 Å². The average Bonchev–Trinajstić information content (AvgIpc) is 0.848. The van der Waals surface area contributed by atoms with Gasteiger partial charge < -0.3 is 59.1 Å². The molecule has 13 aromatic rings. The summed E-state index contributed by atoms with van der Waals surface area (Å²) in [7, 11) is -25.2. The van der Waals surface area contributed by atoms with E-state index in [9.17, 15) is 80.0 Å². The summed E-state index contributed by atoms with van der Waals surface area (Å²) in [6, 6.07) is 65.2. The summed E-state index contributed by atoms with van der Waals surface area (Å²) >= 11 is 18.1. The van der Waals surface area contributed by atoms with Crippen LogP contribution in [0, 0.1) is 0 Å². The Bertz CT molecular complexity index is 7070. The minimum Gasteiger partial charge on any atom is -0.507 e. The lowest BCUT2D eigenvalue weighted by molar-refractivity contribution is 0.0565. The van der Waals surface area contributed by atoms with Crippen LogP contribution in [0.3, 0.4) is 0 Å². The number of para-hydroxylation sites is 3. The highest BCUT2D eigenvalue weighted by Crippen LogP contribution is 2.63. The lowest BCUT2D eigenvalue weighted by atomic mass is 9.96. The largest absolute Gasteiger partial charge is 0.507 e. The molecule has 13 rings (SSSR count). The fraction of sp³-hybridized carbons (Fsp3) is 0.176. The van der Waals surface area contributed by atoms with Crippen molar-refractivity contribution in [2.45, 2.75) is 90.7 Å². The van der Waals surface area contributed by atoms with Gasteiger partial charge in [-0.3, -0.25) is 18.5 Å². The maximum absolute atomic E-state index is 14.4. The Labute approximate surface area is 791 Å². The first-order valence-corrected chi connectivity index (χ1v) is 50.3. The van der Waals surface area contributed by atoms with Crippen LogP contribution >= 0.6 is 57.6 Å². The average molecular weight is 2050 g/mol. The molecule has 45 heteroatoms. The Morgan fingerprint density at radius 2 is 0.728 bits per heavy atom. The van der Waals surface area contributed by atoms with Crippen molar-refractivity contribution in [3.63, 3.8) is 0 Å². The summed E-state index contributed by atoms with van der Waals surface area (Å²) in [4.78, 5) is 78.3. The van der Waals surface area contributed by atoms with Crippen molar-refractivity contribution in [3.05, 3.63) is 343 Å². The number of sulfonamides is 3. The number of tetrazole rings is 1. The molecular formula is C91H84Cl3F6N8O22P3S3. The number of aromatic hydroxyl groups is 1. The molecule has 12 aromatic carbocycles. The van der Waals surface area contributed by atoms with Crippen molar-refractivity contribution in [2.24, 2.45) is 5.73 Å². The van der Waals surface area contributed by atoms with E-state index < -0.39 is 113 Å². The molecule has 136 heavy (non-hydrogen) atoms. The zero-order valence-corrected chi connectivity index (χ0v) is 79.4. The first-order valence-electron chi connectivity index (χ1n) is 40.0. The quantitative estimate of drug-likeness (QED) is 0.0101. The predicted molar refractivity (Wildman–Crippen MR) is 495 cm³/mol. The lowest BCUT2D eigenvalue weighted by Crippen LogP contribution is -2.30. The van der Waals surface area contributed by atoms with Crippen molar-refractivity contribution in [1.82, 2.24) is 33.5 Å². The van der Waals surface area contributed by atoms with Crippen molar-refractivity contribution < 1.29 is 128 Å². The molecule has 0 fully saturated rings. The van der Waals surface area contributed by atoms with Crippen molar-refractivity contribution in [2.75, 3.05) is 28.4 Å². The molecule has 0 atom stereocenters. The molecule has 0 unspecified atom stereocenters. The highest BCUT2D eigenvalue weighted by Gasteiger charge is 2.54. The van der Waals surface area contributed by atoms with E-state index in [4.69, 9.17) is 88.8 Å². The van der Waals surface area contributed by atoms with Gasteiger partial charge in [0.1, 0.15) is 43.2 Å². The number of phenols is 1. The standard InChI is InChI=1S/C33H33ClF2NO9PS.C29H25ClF2N5O6PS.C29H26ClF2N2O7PS/c1-4-7-24-17-25(18-26(31(24)38)32(39)46-3)23-13-10-21(11-14-23)19-37(48(43,44)30-9-6-5-8-29(30)45-2)20-22-12-15-27(28(34)16-22)33(35,36)47(40,41)42;1-43-26-4-2-3-5-27(26)45(41,42)37(18-20-8-15-24(25(30)16-20)29(31,32)44(38,39)40)17-19-6-9-21(10-7-19)22-11-13-23(14-12-22)28-33-35-36-34-28;1-41-26-7-2-3-8-27(26)43(39,40)34(18-20-11-14-24(25(30)15-20)29(31,32)42(36,37)38)17-19-9-12-21(13-10-19)22-5-4-6-23(16-22)28(33)35/h5-6,8-18,38H,4,7,19-20H2,1-3H3,(H2,40,41,42);2-16H,17-18H2,1H3,(H2,38,39,40)(H,33,34,35,36);2-16H,17-18H2,1H3,(H2,33,35)(H2,36,37,38). The molecule has 1 aromatic heterocycles. The number of carbonyl (C=O) groups is 2. The number of hydrogen-bond donors (Lipinski definition) is 9. The van der Waals surface area contributed by atoms with Crippen LogP contribution in [-0.4, -0.2) is 134 Å². The number of nitrogens with zero attached hydrogens (tertiary/aromatic N) is 6. The molecule has 1 heterocycles. The van der Waals surface area contributed by atoms with E-state index in [1.54, 1.807) is 115 Å². The number of esters is 1. The summed E-state index contributed by atoms with van der Waals surface area (Å²) in [5.74, 6) is -0.694. The molecule has 0 saturated heterocycles. The maximum Gasteiger partial charge on any atom is 0.399 e. The second-order valence-corrected chi connectivity index (χ2v) is 42.0. The molecule has 716 valence electrons. The Morgan fingerprint density at radius 3 is 1.04 bits per heavy atom. The van der Waals surface area contributed by atoms with E-state index in [0.29, 0.717) is 57.6 Å². The molecule has 0 aliphatic heterocycles. The normalized spacial score (nSPS) is 12.3. The van der Waals surface area contributed by atoms with E-state index >= 15 is 0 Å². The lowest BCUT2D eigenvalue weighted by Gasteiger charge is -2.24. The van der Waals surface area contributed by atoms with Crippen LogP contribution in [0.25, 0.3) is 44.8 Å². The third-order valence-corrected chi connectivity index (χ3v) is 30.3. The molecule has 0 radical (unpaired) electrons. The van der Waals surface area contributed by atoms with Crippen molar-refractivity contribution >= 4 is 99.5 Å². The number of phenolic OH excluding ortho intramolecular Hbond substituents is 1. The Morgan fingerprint density at radius 1 is 0.412 bits per heavy atom. The van der Waals surface area contributed by atoms with Gasteiger partial charge in [-0.1, -0.05) is 230 Å². The number of methoxy groups -OCH3 is 4. The van der Waals surface area contributed by atoms with Crippen molar-refractivity contribution in [3.8, 4) is 67.8 Å². The summed E-state index contributed by atoms with van der Waals surface area (Å²) < 4.78 is 228. The van der Waals surface area contributed by atoms with Crippen LogP contribution in [0.1, 0.15) is 89.7 Å². The monoisotopic (exact) mass is 2050 g/mol. The number of H-pyrrole nitrogens is 1. The third-order valence-electron chi connectivity index (χ3n) is 21.0. The summed E-state index contributed by atoms with van der Waals surface area (Å²) in [6.45, 7) is 0.484. The van der Waals surface area contributed by atoms with Crippen LogP contribution in [0.4, 0.5) is 26.3 Å². The van der Waals surface area contributed by atoms with E-state index in [1.165, 1.54) is 83.0 Å². The summed E-state index contributed by atoms with van der Waals surface area (Å²) in [6.07, 6.45) is 1.23. The SMILES string of the molecule is CCCc1cc(-c2ccc(CN(Cc3ccc(C(F)(F)P(=O)(O)O)c(Cl)c3)S(=O)(=O)c3ccccc3OC)cc2)cc(C(=O)OC)c1O.COc1ccccc1S(=O)(=O)N(Cc1ccc(-c2ccc(-c3nn[nH]n3)cc2)cc1)Cc1ccc(C(F)(F)P(=O)(O)O)c(Cl)c1.COc1ccccc1S(=O)(=O)N(Cc1ccc(-c2cccc(C(N)=O)c2)cc1)Cc1ccc(C(F)(F)P(=O)(O)O)c(Cl)c1. The number of halogens is 9. The summed E-state index contributed by atoms with van der Waals surface area (Å²) in [5, 5.41) is 22.6. The number of benzene rings is 12. The number of rotatable bonds is 35. The molecule has 10 N–H and O–H groups in total. The number of nitrogens with two attached hydrogens (primary N) is 1. The number of primary amides is 1. The van der Waals surface area contributed by atoms with Crippen LogP contribution < -0.4 is 19.9 Å². The van der Waals surface area contributed by atoms with Crippen LogP contribution in [0.2, 0.25) is 15.1 Å². The van der Waals surface area contributed by atoms with Gasteiger partial charge in [-0.15, -0.1) is 10.2 Å². The minimum atomic E-state index is -5.90. The van der Waals surface area contributed by atoms with Gasteiger partial charge in [0.05, 0.1) is 60.2 Å². The number of amides is 1. The van der Waals surface area contributed by atoms with Gasteiger partial charge in [0, 0.05) is 50.4 Å². The Hall–Kier alpha value is -11.5. The molecule has 0 aliphatic carbocycles. The molecule has 30 nitrogen and oxygen atoms in total. The topological polar surface area (TPSA) is 456 Å². The Kier molecular flexibility index (Phi) is 33.5. The molecule has 0 aliphatic rings. The second-order valence-electron chi connectivity index (χ2n) is 30.1. The minimum absolute atomic E-state index is 0.0137. The fourth-order valence-electron chi connectivity index (χ4n) is 13.9. The highest BCUT2D eigenvalue weighted by molar-refractivity contribution is 7.89. The van der Waals surface area contributed by atoms with E-state index in [2.05, 4.69) is 20.6 Å². The molecule has 0 saturated carbocycles. The zero-order valence-electron chi connectivity index (χ0n) is 72.0. The molecular weight excluding hydrogens is 1970 g/mol. The fourth-order valence-corrected chi connectivity index (χ4v) is 21.3. The van der Waals surface area contributed by atoms with Gasteiger partial charge in [-0.2, -0.15) is 44.5 Å². The van der Waals surface area contributed by atoms with Crippen LogP contribution in [-0.2, 0) is 111 Å². The second kappa shape index (κ2) is 43.4. The predicted octanol–water partition coefficient (Wildman–Crippen LogP) is 18.6. The number of alkyl halides is 6. The van der Waals surface area contributed by atoms with Gasteiger partial charge in [0.2, 0.25) is 41.8 Å². The number of hydrogen-bond acceptors (Lipinski definition) is 19. The van der Waals surface area contributed by atoms with Crippen LogP contribution in [0.5, 0.6) is 23.0 Å². The smallest absolute Gasteiger partial charge is 0.399 e. The first kappa shape index (κ1) is 105. The van der Waals surface area contributed by atoms with E-state index in [-0.39, 0.29) is 99.2 Å². The Balaban J connectivity index is 0.000000196. The number of nitrogens with one attached hydrogen (secondary N) is 1. The number of aryl methyl sites for hydroxylation is 1. The summed E-state index contributed by atoms with van der Waals surface area (Å²) in [5.41, 5.74) is -2.95. The molecule has 0 spiro atoms. The van der Waals surface area contributed by atoms with Gasteiger partial charge in [-0.05, 0) is 163 Å². The molecule has 0 bridgehead atoms. The van der Waals surface area contributed by atoms with Gasteiger partial charge in [0.25, 0.3) is 0 Å². The number of carbonyl (C=O) groups excluding carboxylic acids is 2. The number of aromatic nitrogens is 4. The molecule has 1 amide bonds.